The molecule has 0 atom stereocenters. The molecule has 0 radical (unpaired) electrons. The largest absolute Gasteiger partial charge is 0.494 e. The Bertz CT molecular complexity index is 757. The summed E-state index contributed by atoms with van der Waals surface area (Å²) in [6.45, 7) is 5.64. The van der Waals surface area contributed by atoms with Crippen molar-refractivity contribution >= 4 is 17.5 Å². The Hall–Kier alpha value is -2.24. The van der Waals surface area contributed by atoms with Crippen LogP contribution < -0.4 is 14.8 Å². The number of benzene rings is 2. The highest BCUT2D eigenvalue weighted by Gasteiger charge is 2.20. The Labute approximate surface area is 177 Å². The summed E-state index contributed by atoms with van der Waals surface area (Å²) in [6, 6.07) is 15.6. The molecule has 1 saturated heterocycles. The lowest BCUT2D eigenvalue weighted by molar-refractivity contribution is -0.124. The van der Waals surface area contributed by atoms with Crippen LogP contribution in [0.25, 0.3) is 0 Å². The highest BCUT2D eigenvalue weighted by Crippen LogP contribution is 2.18. The molecule has 1 fully saturated rings. The predicted octanol–water partition coefficient (Wildman–Crippen LogP) is 4.29. The number of piperidine rings is 1. The molecule has 5 nitrogen and oxygen atoms in total. The van der Waals surface area contributed by atoms with E-state index in [-0.39, 0.29) is 18.6 Å². The van der Waals surface area contributed by atoms with Gasteiger partial charge in [0.25, 0.3) is 5.91 Å². The third-order valence-electron chi connectivity index (χ3n) is 4.94. The number of hydrogen-bond donors (Lipinski definition) is 1. The third kappa shape index (κ3) is 7.26. The molecule has 29 heavy (non-hydrogen) atoms. The number of likely N-dealkylation sites (tertiary alicyclic amines) is 1. The summed E-state index contributed by atoms with van der Waals surface area (Å²) in [5, 5.41) is 3.85. The lowest BCUT2D eigenvalue weighted by Gasteiger charge is -2.32. The molecular weight excluding hydrogens is 388 g/mol. The van der Waals surface area contributed by atoms with Gasteiger partial charge in [0.2, 0.25) is 0 Å². The Morgan fingerprint density at radius 2 is 1.66 bits per heavy atom. The summed E-state index contributed by atoms with van der Waals surface area (Å²) in [6.07, 6.45) is 2.87. The first-order chi connectivity index (χ1) is 14.1. The van der Waals surface area contributed by atoms with E-state index in [9.17, 15) is 4.79 Å². The molecule has 0 unspecified atom stereocenters. The molecule has 1 aliphatic rings. The van der Waals surface area contributed by atoms with Gasteiger partial charge in [0.05, 0.1) is 6.61 Å². The van der Waals surface area contributed by atoms with Gasteiger partial charge < -0.3 is 14.8 Å². The molecular formula is C23H29ClN2O3. The minimum absolute atomic E-state index is 0.0279. The second-order valence-electron chi connectivity index (χ2n) is 7.35. The van der Waals surface area contributed by atoms with Gasteiger partial charge in [0.15, 0.2) is 6.61 Å². The van der Waals surface area contributed by atoms with E-state index in [1.165, 1.54) is 5.56 Å². The summed E-state index contributed by atoms with van der Waals surface area (Å²) in [7, 11) is 0. The van der Waals surface area contributed by atoms with Gasteiger partial charge in [-0.1, -0.05) is 30.7 Å². The molecule has 2 aromatic rings. The number of hydrogen-bond acceptors (Lipinski definition) is 4. The Kier molecular flexibility index (Phi) is 8.20. The zero-order valence-corrected chi connectivity index (χ0v) is 17.7. The molecule has 0 spiro atoms. The molecule has 0 aliphatic carbocycles. The molecule has 1 aliphatic heterocycles. The fourth-order valence-corrected chi connectivity index (χ4v) is 3.48. The standard InChI is InChI=1S/C23H29ClN2O3/c1-2-15-28-21-7-9-22(10-8-21)29-17-23(27)25-20-11-13-26(14-12-20)16-18-3-5-19(24)6-4-18/h3-10,20H,2,11-17H2,1H3,(H,25,27). The van der Waals surface area contributed by atoms with Crippen LogP contribution in [0.1, 0.15) is 31.7 Å². The molecule has 0 saturated carbocycles. The van der Waals surface area contributed by atoms with Crippen LogP contribution in [0.4, 0.5) is 0 Å². The first kappa shape index (κ1) is 21.5. The van der Waals surface area contributed by atoms with E-state index in [0.29, 0.717) is 12.4 Å². The molecule has 0 bridgehead atoms. The number of nitrogens with one attached hydrogen (secondary N) is 1. The summed E-state index contributed by atoms with van der Waals surface area (Å²) < 4.78 is 11.1. The molecule has 6 heteroatoms. The maximum atomic E-state index is 12.2. The van der Waals surface area contributed by atoms with Crippen molar-refractivity contribution in [2.24, 2.45) is 0 Å². The third-order valence-corrected chi connectivity index (χ3v) is 5.19. The van der Waals surface area contributed by atoms with Crippen molar-refractivity contribution in [3.05, 3.63) is 59.1 Å². The first-order valence-corrected chi connectivity index (χ1v) is 10.6. The van der Waals surface area contributed by atoms with Crippen molar-refractivity contribution in [3.8, 4) is 11.5 Å². The van der Waals surface area contributed by atoms with Crippen LogP contribution in [0.2, 0.25) is 5.02 Å². The predicted molar refractivity (Wildman–Crippen MR) is 116 cm³/mol. The van der Waals surface area contributed by atoms with Crippen LogP contribution in [-0.2, 0) is 11.3 Å². The summed E-state index contributed by atoms with van der Waals surface area (Å²) in [5.41, 5.74) is 1.26. The Balaban J connectivity index is 1.34. The van der Waals surface area contributed by atoms with Gasteiger partial charge in [-0.15, -0.1) is 0 Å². The number of carbonyl (C=O) groups is 1. The second kappa shape index (κ2) is 11.1. The zero-order chi connectivity index (χ0) is 20.5. The van der Waals surface area contributed by atoms with Crippen LogP contribution in [-0.4, -0.2) is 43.2 Å². The van der Waals surface area contributed by atoms with Crippen molar-refractivity contribution in [2.45, 2.75) is 38.8 Å². The number of ether oxygens (including phenoxy) is 2. The fraction of sp³-hybridized carbons (Fsp3) is 0.435. The smallest absolute Gasteiger partial charge is 0.258 e. The van der Waals surface area contributed by atoms with Crippen molar-refractivity contribution < 1.29 is 14.3 Å². The van der Waals surface area contributed by atoms with Gasteiger partial charge >= 0.3 is 0 Å². The molecule has 0 aromatic heterocycles. The number of carbonyl (C=O) groups excluding carboxylic acids is 1. The number of halogens is 1. The number of rotatable bonds is 9. The van der Waals surface area contributed by atoms with E-state index >= 15 is 0 Å². The highest BCUT2D eigenvalue weighted by atomic mass is 35.5. The van der Waals surface area contributed by atoms with Gasteiger partial charge in [0.1, 0.15) is 11.5 Å². The van der Waals surface area contributed by atoms with Crippen LogP contribution in [0.5, 0.6) is 11.5 Å². The molecule has 3 rings (SSSR count). The van der Waals surface area contributed by atoms with Gasteiger partial charge in [-0.25, -0.2) is 0 Å². The van der Waals surface area contributed by atoms with Crippen LogP contribution >= 0.6 is 11.6 Å². The summed E-state index contributed by atoms with van der Waals surface area (Å²) >= 11 is 5.94. The summed E-state index contributed by atoms with van der Waals surface area (Å²) in [4.78, 5) is 14.6. The maximum absolute atomic E-state index is 12.2. The SMILES string of the molecule is CCCOc1ccc(OCC(=O)NC2CCN(Cc3ccc(Cl)cc3)CC2)cc1. The zero-order valence-electron chi connectivity index (χ0n) is 16.9. The van der Waals surface area contributed by atoms with Gasteiger partial charge in [-0.05, 0) is 61.2 Å². The Morgan fingerprint density at radius 1 is 1.03 bits per heavy atom. The lowest BCUT2D eigenvalue weighted by Crippen LogP contribution is -2.45. The number of amides is 1. The average Bonchev–Trinajstić information content (AvgIpc) is 2.74. The second-order valence-corrected chi connectivity index (χ2v) is 7.79. The molecule has 1 N–H and O–H groups in total. The van der Waals surface area contributed by atoms with Crippen molar-refractivity contribution in [1.82, 2.24) is 10.2 Å². The molecule has 1 amide bonds. The van der Waals surface area contributed by atoms with Crippen LogP contribution in [0.3, 0.4) is 0 Å². The van der Waals surface area contributed by atoms with Crippen LogP contribution in [0.15, 0.2) is 48.5 Å². The van der Waals surface area contributed by atoms with Gasteiger partial charge in [-0.3, -0.25) is 9.69 Å². The highest BCUT2D eigenvalue weighted by molar-refractivity contribution is 6.30. The molecule has 156 valence electrons. The fourth-order valence-electron chi connectivity index (χ4n) is 3.35. The van der Waals surface area contributed by atoms with Gasteiger partial charge in [-0.2, -0.15) is 0 Å². The van der Waals surface area contributed by atoms with E-state index in [1.54, 1.807) is 0 Å². The topological polar surface area (TPSA) is 50.8 Å². The van der Waals surface area contributed by atoms with Crippen molar-refractivity contribution in [1.29, 1.82) is 0 Å². The number of nitrogens with zero attached hydrogens (tertiary/aromatic N) is 1. The average molecular weight is 417 g/mol. The molecule has 2 aromatic carbocycles. The first-order valence-electron chi connectivity index (χ1n) is 10.2. The summed E-state index contributed by atoms with van der Waals surface area (Å²) in [5.74, 6) is 1.41. The normalized spacial score (nSPS) is 15.1. The van der Waals surface area contributed by atoms with Crippen molar-refractivity contribution in [3.63, 3.8) is 0 Å². The maximum Gasteiger partial charge on any atom is 0.258 e. The van der Waals surface area contributed by atoms with E-state index < -0.39 is 0 Å². The van der Waals surface area contributed by atoms with Gasteiger partial charge in [0, 0.05) is 30.7 Å². The minimum atomic E-state index is -0.0764. The van der Waals surface area contributed by atoms with E-state index in [4.69, 9.17) is 21.1 Å². The Morgan fingerprint density at radius 3 is 2.28 bits per heavy atom. The minimum Gasteiger partial charge on any atom is -0.494 e. The lowest BCUT2D eigenvalue weighted by atomic mass is 10.0. The van der Waals surface area contributed by atoms with E-state index in [0.717, 1.165) is 49.7 Å². The van der Waals surface area contributed by atoms with E-state index in [2.05, 4.69) is 29.3 Å². The monoisotopic (exact) mass is 416 g/mol. The molecule has 1 heterocycles. The quantitative estimate of drug-likeness (QED) is 0.662. The van der Waals surface area contributed by atoms with Crippen LogP contribution in [0, 0.1) is 0 Å². The van der Waals surface area contributed by atoms with Crippen molar-refractivity contribution in [2.75, 3.05) is 26.3 Å². The van der Waals surface area contributed by atoms with E-state index in [1.807, 2.05) is 36.4 Å².